The zero-order valence-electron chi connectivity index (χ0n) is 11.9. The van der Waals surface area contributed by atoms with Crippen LogP contribution in [0.3, 0.4) is 0 Å². The van der Waals surface area contributed by atoms with Gasteiger partial charge in [-0.2, -0.15) is 0 Å². The summed E-state index contributed by atoms with van der Waals surface area (Å²) in [5.74, 6) is -1.50. The van der Waals surface area contributed by atoms with Crippen molar-refractivity contribution in [2.45, 2.75) is 13.5 Å². The average Bonchev–Trinajstić information content (AvgIpc) is 2.95. The van der Waals surface area contributed by atoms with E-state index in [2.05, 4.69) is 4.98 Å². The highest BCUT2D eigenvalue weighted by Gasteiger charge is 2.18. The van der Waals surface area contributed by atoms with Crippen LogP contribution in [0.25, 0.3) is 10.2 Å². The molecule has 0 fully saturated rings. The van der Waals surface area contributed by atoms with E-state index in [0.29, 0.717) is 10.6 Å². The number of ketones is 1. The number of aryl methyl sites for hydroxylation is 1. The summed E-state index contributed by atoms with van der Waals surface area (Å²) in [6, 6.07) is 14.5. The highest BCUT2D eigenvalue weighted by atomic mass is 32.1. The molecular weight excluding hydrogens is 298 g/mol. The van der Waals surface area contributed by atoms with Crippen LogP contribution in [-0.4, -0.2) is 16.7 Å². The molecule has 0 N–H and O–H groups in total. The van der Waals surface area contributed by atoms with Gasteiger partial charge in [0.05, 0.1) is 10.2 Å². The summed E-state index contributed by atoms with van der Waals surface area (Å²) < 4.78 is 6.09. The number of para-hydroxylation sites is 1. The van der Waals surface area contributed by atoms with Crippen molar-refractivity contribution in [2.75, 3.05) is 0 Å². The zero-order valence-corrected chi connectivity index (χ0v) is 12.7. The molecule has 4 nitrogen and oxygen atoms in total. The quantitative estimate of drug-likeness (QED) is 0.420. The largest absolute Gasteiger partial charge is 0.452 e. The lowest BCUT2D eigenvalue weighted by atomic mass is 10.1. The van der Waals surface area contributed by atoms with Crippen molar-refractivity contribution in [2.24, 2.45) is 0 Å². The molecule has 0 unspecified atom stereocenters. The molecule has 2 aromatic carbocycles. The maximum absolute atomic E-state index is 12.0. The number of carbonyl (C=O) groups excluding carboxylic acids is 2. The number of thiazole rings is 1. The molecule has 0 aliphatic carbocycles. The first-order valence-electron chi connectivity index (χ1n) is 6.76. The maximum atomic E-state index is 12.0. The van der Waals surface area contributed by atoms with Gasteiger partial charge in [-0.25, -0.2) is 9.78 Å². The van der Waals surface area contributed by atoms with E-state index in [1.165, 1.54) is 11.3 Å². The minimum absolute atomic E-state index is 0.00970. The Bertz CT molecular complexity index is 803. The van der Waals surface area contributed by atoms with Gasteiger partial charge in [-0.05, 0) is 19.1 Å². The Hall–Kier alpha value is -2.53. The van der Waals surface area contributed by atoms with Gasteiger partial charge in [0.15, 0.2) is 0 Å². The van der Waals surface area contributed by atoms with Gasteiger partial charge in [0.2, 0.25) is 0 Å². The van der Waals surface area contributed by atoms with Crippen LogP contribution in [0, 0.1) is 6.92 Å². The van der Waals surface area contributed by atoms with E-state index in [1.54, 1.807) is 24.3 Å². The van der Waals surface area contributed by atoms with Crippen molar-refractivity contribution in [3.63, 3.8) is 0 Å². The molecule has 1 aromatic heterocycles. The van der Waals surface area contributed by atoms with Crippen molar-refractivity contribution >= 4 is 33.3 Å². The lowest BCUT2D eigenvalue weighted by Crippen LogP contribution is -2.17. The summed E-state index contributed by atoms with van der Waals surface area (Å²) in [6.07, 6.45) is 0. The van der Waals surface area contributed by atoms with Gasteiger partial charge in [0.25, 0.3) is 5.78 Å². The van der Waals surface area contributed by atoms with Gasteiger partial charge < -0.3 is 4.74 Å². The first kappa shape index (κ1) is 14.4. The van der Waals surface area contributed by atoms with E-state index in [4.69, 9.17) is 4.74 Å². The third-order valence-corrected chi connectivity index (χ3v) is 4.17. The lowest BCUT2D eigenvalue weighted by molar-refractivity contribution is -0.139. The summed E-state index contributed by atoms with van der Waals surface area (Å²) in [7, 11) is 0. The maximum Gasteiger partial charge on any atom is 0.380 e. The summed E-state index contributed by atoms with van der Waals surface area (Å²) in [4.78, 5) is 28.1. The van der Waals surface area contributed by atoms with Crippen LogP contribution in [0.4, 0.5) is 0 Å². The average molecular weight is 311 g/mol. The van der Waals surface area contributed by atoms with Gasteiger partial charge in [-0.3, -0.25) is 4.79 Å². The van der Waals surface area contributed by atoms with Crippen molar-refractivity contribution < 1.29 is 14.3 Å². The highest BCUT2D eigenvalue weighted by molar-refractivity contribution is 7.18. The molecule has 1 heterocycles. The van der Waals surface area contributed by atoms with E-state index in [1.807, 2.05) is 31.2 Å². The predicted octanol–water partition coefficient (Wildman–Crippen LogP) is 3.53. The normalized spacial score (nSPS) is 10.6. The molecule has 0 aliphatic rings. The number of ether oxygens (including phenoxy) is 1. The molecule has 0 radical (unpaired) electrons. The number of carbonyl (C=O) groups is 2. The molecule has 110 valence electrons. The summed E-state index contributed by atoms with van der Waals surface area (Å²) in [5.41, 5.74) is 2.22. The van der Waals surface area contributed by atoms with Crippen LogP contribution in [0.5, 0.6) is 0 Å². The number of Topliss-reactive ketones (excluding diaryl/α,β-unsaturated/α-hetero) is 1. The minimum Gasteiger partial charge on any atom is -0.452 e. The Kier molecular flexibility index (Phi) is 3.98. The molecule has 0 saturated carbocycles. The van der Waals surface area contributed by atoms with E-state index in [0.717, 1.165) is 15.8 Å². The van der Waals surface area contributed by atoms with Gasteiger partial charge in [0.1, 0.15) is 11.6 Å². The number of benzene rings is 2. The van der Waals surface area contributed by atoms with Crippen LogP contribution in [0.2, 0.25) is 0 Å². The molecule has 22 heavy (non-hydrogen) atoms. The van der Waals surface area contributed by atoms with E-state index < -0.39 is 11.8 Å². The molecule has 0 saturated heterocycles. The van der Waals surface area contributed by atoms with Crippen molar-refractivity contribution in [1.29, 1.82) is 0 Å². The van der Waals surface area contributed by atoms with E-state index >= 15 is 0 Å². The first-order valence-corrected chi connectivity index (χ1v) is 7.58. The third kappa shape index (κ3) is 3.04. The van der Waals surface area contributed by atoms with E-state index in [9.17, 15) is 9.59 Å². The summed E-state index contributed by atoms with van der Waals surface area (Å²) in [6.45, 7) is 1.93. The Morgan fingerprint density at radius 3 is 2.55 bits per heavy atom. The number of esters is 1. The van der Waals surface area contributed by atoms with Crippen molar-refractivity contribution in [1.82, 2.24) is 4.98 Å². The molecule has 0 bridgehead atoms. The Labute approximate surface area is 131 Å². The number of fused-ring (bicyclic) bond motifs is 1. The molecule has 0 aliphatic heterocycles. The fraction of sp³-hybridized carbons (Fsp3) is 0.118. The molecule has 3 aromatic rings. The summed E-state index contributed by atoms with van der Waals surface area (Å²) in [5, 5.41) is 0.672. The lowest BCUT2D eigenvalue weighted by Gasteiger charge is -2.02. The van der Waals surface area contributed by atoms with Gasteiger partial charge in [-0.1, -0.05) is 42.0 Å². The number of rotatable bonds is 4. The first-order chi connectivity index (χ1) is 10.6. The topological polar surface area (TPSA) is 56.3 Å². The van der Waals surface area contributed by atoms with Gasteiger partial charge in [0, 0.05) is 5.56 Å². The third-order valence-electron chi connectivity index (χ3n) is 3.16. The fourth-order valence-electron chi connectivity index (χ4n) is 2.00. The SMILES string of the molecule is Cc1ccc(C(=O)C(=O)OCc2nc3ccccc3s2)cc1. The van der Waals surface area contributed by atoms with E-state index in [-0.39, 0.29) is 6.61 Å². The minimum atomic E-state index is -0.858. The van der Waals surface area contributed by atoms with Crippen molar-refractivity contribution in [3.05, 3.63) is 64.7 Å². The second-order valence-corrected chi connectivity index (χ2v) is 5.96. The predicted molar refractivity (Wildman–Crippen MR) is 84.9 cm³/mol. The second-order valence-electron chi connectivity index (χ2n) is 4.85. The fourth-order valence-corrected chi connectivity index (χ4v) is 2.88. The van der Waals surface area contributed by atoms with Crippen LogP contribution < -0.4 is 0 Å². The zero-order chi connectivity index (χ0) is 15.5. The smallest absolute Gasteiger partial charge is 0.380 e. The highest BCUT2D eigenvalue weighted by Crippen LogP contribution is 2.22. The Balaban J connectivity index is 1.66. The number of hydrogen-bond acceptors (Lipinski definition) is 5. The van der Waals surface area contributed by atoms with Crippen LogP contribution in [0.15, 0.2) is 48.5 Å². The monoisotopic (exact) mass is 311 g/mol. The van der Waals surface area contributed by atoms with Gasteiger partial charge >= 0.3 is 5.97 Å². The molecule has 5 heteroatoms. The molecule has 0 amide bonds. The van der Waals surface area contributed by atoms with Crippen molar-refractivity contribution in [3.8, 4) is 0 Å². The standard InChI is InChI=1S/C17H13NO3S/c1-11-6-8-12(9-7-11)16(19)17(20)21-10-15-18-13-4-2-3-5-14(13)22-15/h2-9H,10H2,1H3. The second kappa shape index (κ2) is 6.07. The molecule has 0 atom stereocenters. The Morgan fingerprint density at radius 1 is 1.09 bits per heavy atom. The molecule has 3 rings (SSSR count). The number of hydrogen-bond donors (Lipinski definition) is 0. The summed E-state index contributed by atoms with van der Waals surface area (Å²) >= 11 is 1.45. The van der Waals surface area contributed by atoms with Gasteiger partial charge in [-0.15, -0.1) is 11.3 Å². The number of nitrogens with zero attached hydrogens (tertiary/aromatic N) is 1. The van der Waals surface area contributed by atoms with Crippen LogP contribution >= 0.6 is 11.3 Å². The molecule has 0 spiro atoms. The van der Waals surface area contributed by atoms with Crippen LogP contribution in [-0.2, 0) is 16.1 Å². The Morgan fingerprint density at radius 2 is 1.82 bits per heavy atom. The number of aromatic nitrogens is 1. The molecular formula is C17H13NO3S. The van der Waals surface area contributed by atoms with Crippen LogP contribution in [0.1, 0.15) is 20.9 Å².